The molecular formula is C19H16ClN3O2. The smallest absolute Gasteiger partial charge is 0.266 e. The Labute approximate surface area is 149 Å². The molecule has 0 atom stereocenters. The minimum Gasteiger partial charge on any atom is -0.292 e. The zero-order valence-electron chi connectivity index (χ0n) is 13.6. The van der Waals surface area contributed by atoms with E-state index in [0.29, 0.717) is 22.8 Å². The van der Waals surface area contributed by atoms with Gasteiger partial charge in [-0.3, -0.25) is 14.6 Å². The van der Waals surface area contributed by atoms with Crippen LogP contribution in [0.1, 0.15) is 27.3 Å². The first kappa shape index (κ1) is 17.0. The lowest BCUT2D eigenvalue weighted by Gasteiger charge is -2.05. The second-order valence-electron chi connectivity index (χ2n) is 5.74. The second kappa shape index (κ2) is 7.40. The highest BCUT2D eigenvalue weighted by atomic mass is 35.5. The van der Waals surface area contributed by atoms with Crippen molar-refractivity contribution < 1.29 is 4.79 Å². The Bertz CT molecular complexity index is 965. The number of ketones is 1. The minimum atomic E-state index is -0.209. The quantitative estimate of drug-likeness (QED) is 0.661. The van der Waals surface area contributed by atoms with Crippen molar-refractivity contribution >= 4 is 17.4 Å². The molecule has 0 fully saturated rings. The van der Waals surface area contributed by atoms with Gasteiger partial charge in [-0.05, 0) is 41.8 Å². The topological polar surface area (TPSA) is 64.8 Å². The molecule has 0 aliphatic heterocycles. The van der Waals surface area contributed by atoms with Crippen molar-refractivity contribution in [1.82, 2.24) is 14.8 Å². The van der Waals surface area contributed by atoms with Crippen molar-refractivity contribution in [2.45, 2.75) is 12.8 Å². The first-order valence-corrected chi connectivity index (χ1v) is 8.15. The zero-order chi connectivity index (χ0) is 17.8. The van der Waals surface area contributed by atoms with Crippen LogP contribution >= 0.6 is 11.6 Å². The number of pyridine rings is 1. The van der Waals surface area contributed by atoms with Crippen molar-refractivity contribution in [2.75, 3.05) is 0 Å². The van der Waals surface area contributed by atoms with E-state index in [4.69, 9.17) is 11.6 Å². The van der Waals surface area contributed by atoms with E-state index >= 15 is 0 Å². The van der Waals surface area contributed by atoms with E-state index in [2.05, 4.69) is 10.1 Å². The van der Waals surface area contributed by atoms with E-state index in [1.165, 1.54) is 10.7 Å². The summed E-state index contributed by atoms with van der Waals surface area (Å²) in [7, 11) is 1.55. The van der Waals surface area contributed by atoms with E-state index < -0.39 is 0 Å². The first-order valence-electron chi connectivity index (χ1n) is 7.77. The number of carbonyl (C=O) groups is 1. The molecule has 0 aliphatic carbocycles. The predicted molar refractivity (Wildman–Crippen MR) is 96.0 cm³/mol. The third kappa shape index (κ3) is 4.39. The molecule has 0 saturated heterocycles. The summed E-state index contributed by atoms with van der Waals surface area (Å²) in [5.74, 6) is -0.138. The van der Waals surface area contributed by atoms with Crippen LogP contribution in [0.3, 0.4) is 0 Å². The molecule has 25 heavy (non-hydrogen) atoms. The summed E-state index contributed by atoms with van der Waals surface area (Å²) in [5, 5.41) is 4.76. The summed E-state index contributed by atoms with van der Waals surface area (Å²) in [4.78, 5) is 27.9. The molecule has 0 radical (unpaired) electrons. The molecular weight excluding hydrogens is 338 g/mol. The van der Waals surface area contributed by atoms with Crippen molar-refractivity contribution in [2.24, 2.45) is 7.05 Å². The van der Waals surface area contributed by atoms with Crippen LogP contribution in [0.4, 0.5) is 0 Å². The van der Waals surface area contributed by atoms with Crippen LogP contribution in [0.2, 0.25) is 5.02 Å². The number of rotatable bonds is 5. The van der Waals surface area contributed by atoms with Crippen LogP contribution in [0, 0.1) is 0 Å². The third-order valence-corrected chi connectivity index (χ3v) is 4.00. The molecule has 126 valence electrons. The third-order valence-electron chi connectivity index (χ3n) is 3.77. The molecule has 1 aromatic carbocycles. The van der Waals surface area contributed by atoms with E-state index in [-0.39, 0.29) is 17.8 Å². The number of Topliss-reactive ketones (excluding diaryl/α,β-unsaturated/α-hetero) is 1. The van der Waals surface area contributed by atoms with Gasteiger partial charge in [0.05, 0.1) is 12.1 Å². The SMILES string of the molecule is Cn1nc(CC(=O)c2ccc(Cc3cccc(Cl)c3)cn2)ccc1=O. The Morgan fingerprint density at radius 1 is 1.12 bits per heavy atom. The molecule has 2 aromatic heterocycles. The lowest BCUT2D eigenvalue weighted by molar-refractivity contribution is 0.0986. The molecule has 0 unspecified atom stereocenters. The fourth-order valence-corrected chi connectivity index (χ4v) is 2.69. The van der Waals surface area contributed by atoms with Crippen molar-refractivity contribution in [3.63, 3.8) is 0 Å². The lowest BCUT2D eigenvalue weighted by Crippen LogP contribution is -2.20. The molecule has 0 aliphatic rings. The summed E-state index contributed by atoms with van der Waals surface area (Å²) in [5.41, 5.74) is 2.80. The lowest BCUT2D eigenvalue weighted by atomic mass is 10.1. The zero-order valence-corrected chi connectivity index (χ0v) is 14.4. The van der Waals surface area contributed by atoms with Crippen LogP contribution in [0.5, 0.6) is 0 Å². The molecule has 0 N–H and O–H groups in total. The number of nitrogens with zero attached hydrogens (tertiary/aromatic N) is 3. The molecule has 3 aromatic rings. The van der Waals surface area contributed by atoms with Crippen LogP contribution in [-0.2, 0) is 19.9 Å². The highest BCUT2D eigenvalue weighted by Crippen LogP contribution is 2.15. The number of halogens is 1. The maximum Gasteiger partial charge on any atom is 0.266 e. The van der Waals surface area contributed by atoms with Gasteiger partial charge in [0.1, 0.15) is 5.69 Å². The van der Waals surface area contributed by atoms with E-state index in [1.54, 1.807) is 25.4 Å². The average molecular weight is 354 g/mol. The van der Waals surface area contributed by atoms with Crippen LogP contribution in [0.15, 0.2) is 59.5 Å². The fourth-order valence-electron chi connectivity index (χ4n) is 2.48. The van der Waals surface area contributed by atoms with Gasteiger partial charge in [0.2, 0.25) is 0 Å². The Morgan fingerprint density at radius 3 is 2.64 bits per heavy atom. The maximum atomic E-state index is 12.3. The minimum absolute atomic E-state index is 0.106. The van der Waals surface area contributed by atoms with Gasteiger partial charge in [-0.1, -0.05) is 29.8 Å². The van der Waals surface area contributed by atoms with Gasteiger partial charge in [-0.15, -0.1) is 0 Å². The molecule has 2 heterocycles. The normalized spacial score (nSPS) is 10.6. The van der Waals surface area contributed by atoms with E-state index in [9.17, 15) is 9.59 Å². The average Bonchev–Trinajstić information content (AvgIpc) is 2.59. The highest BCUT2D eigenvalue weighted by Gasteiger charge is 2.10. The summed E-state index contributed by atoms with van der Waals surface area (Å²) < 4.78 is 1.21. The number of hydrogen-bond donors (Lipinski definition) is 0. The summed E-state index contributed by atoms with van der Waals surface area (Å²) in [6.07, 6.45) is 2.50. The number of benzene rings is 1. The number of aromatic nitrogens is 3. The maximum absolute atomic E-state index is 12.3. The summed E-state index contributed by atoms with van der Waals surface area (Å²) >= 11 is 5.99. The van der Waals surface area contributed by atoms with Crippen LogP contribution in [-0.4, -0.2) is 20.5 Å². The Morgan fingerprint density at radius 2 is 1.96 bits per heavy atom. The van der Waals surface area contributed by atoms with Gasteiger partial charge in [0.15, 0.2) is 5.78 Å². The standard InChI is InChI=1S/C19H16ClN3O2/c1-23-19(25)8-6-16(22-23)11-18(24)17-7-5-14(12-21-17)9-13-3-2-4-15(20)10-13/h2-8,10,12H,9,11H2,1H3. The van der Waals surface area contributed by atoms with Crippen LogP contribution in [0.25, 0.3) is 0 Å². The van der Waals surface area contributed by atoms with Gasteiger partial charge >= 0.3 is 0 Å². The Hall–Kier alpha value is -2.79. The summed E-state index contributed by atoms with van der Waals surface area (Å²) in [6, 6.07) is 14.2. The number of hydrogen-bond acceptors (Lipinski definition) is 4. The van der Waals surface area contributed by atoms with E-state index in [0.717, 1.165) is 11.1 Å². The molecule has 5 nitrogen and oxygen atoms in total. The van der Waals surface area contributed by atoms with Crippen molar-refractivity contribution in [1.29, 1.82) is 0 Å². The largest absolute Gasteiger partial charge is 0.292 e. The molecule has 0 saturated carbocycles. The number of aryl methyl sites for hydroxylation is 1. The van der Waals surface area contributed by atoms with Crippen molar-refractivity contribution in [3.8, 4) is 0 Å². The number of carbonyl (C=O) groups excluding carboxylic acids is 1. The monoisotopic (exact) mass is 353 g/mol. The molecule has 6 heteroatoms. The highest BCUT2D eigenvalue weighted by molar-refractivity contribution is 6.30. The van der Waals surface area contributed by atoms with Gasteiger partial charge in [0.25, 0.3) is 5.56 Å². The molecule has 0 bridgehead atoms. The molecule has 0 amide bonds. The van der Waals surface area contributed by atoms with Gasteiger partial charge in [0, 0.05) is 24.3 Å². The van der Waals surface area contributed by atoms with Crippen LogP contribution < -0.4 is 5.56 Å². The molecule has 3 rings (SSSR count). The second-order valence-corrected chi connectivity index (χ2v) is 6.18. The van der Waals surface area contributed by atoms with Gasteiger partial charge < -0.3 is 0 Å². The Balaban J connectivity index is 1.69. The molecule has 0 spiro atoms. The fraction of sp³-hybridized carbons (Fsp3) is 0.158. The van der Waals surface area contributed by atoms with Gasteiger partial charge in [-0.25, -0.2) is 4.68 Å². The summed E-state index contributed by atoms with van der Waals surface area (Å²) in [6.45, 7) is 0. The first-order chi connectivity index (χ1) is 12.0. The van der Waals surface area contributed by atoms with Crippen molar-refractivity contribution in [3.05, 3.63) is 92.6 Å². The Kier molecular flexibility index (Phi) is 5.05. The van der Waals surface area contributed by atoms with Gasteiger partial charge in [-0.2, -0.15) is 5.10 Å². The predicted octanol–water partition coefficient (Wildman–Crippen LogP) is 2.84. The van der Waals surface area contributed by atoms with E-state index in [1.807, 2.05) is 30.3 Å².